The lowest BCUT2D eigenvalue weighted by molar-refractivity contribution is -0.128. The quantitative estimate of drug-likeness (QED) is 0.480. The molecule has 1 unspecified atom stereocenters. The lowest BCUT2D eigenvalue weighted by Crippen LogP contribution is -2.40. The maximum absolute atomic E-state index is 12.4. The largest absolute Gasteiger partial charge is 0.424 e. The van der Waals surface area contributed by atoms with Gasteiger partial charge in [0.2, 0.25) is 0 Å². The van der Waals surface area contributed by atoms with Crippen molar-refractivity contribution in [1.29, 1.82) is 0 Å². The molecule has 152 valence electrons. The van der Waals surface area contributed by atoms with Crippen LogP contribution in [-0.2, 0) is 16.1 Å². The van der Waals surface area contributed by atoms with Gasteiger partial charge in [-0.15, -0.1) is 0 Å². The Balaban J connectivity index is 1.51. The van der Waals surface area contributed by atoms with Gasteiger partial charge < -0.3 is 14.8 Å². The number of hydrogen-bond donors (Lipinski definition) is 1. The van der Waals surface area contributed by atoms with E-state index in [0.29, 0.717) is 24.0 Å². The third-order valence-corrected chi connectivity index (χ3v) is 5.31. The number of urea groups is 1. The number of amidine groups is 1. The van der Waals surface area contributed by atoms with Gasteiger partial charge in [0.15, 0.2) is 0 Å². The number of amides is 3. The zero-order chi connectivity index (χ0) is 20.8. The van der Waals surface area contributed by atoms with Crippen LogP contribution in [0.5, 0.6) is 5.75 Å². The van der Waals surface area contributed by atoms with E-state index in [1.54, 1.807) is 20.8 Å². The summed E-state index contributed by atoms with van der Waals surface area (Å²) in [4.78, 5) is 33.4. The summed E-state index contributed by atoms with van der Waals surface area (Å²) in [6.07, 6.45) is 3.89. The molecule has 3 aliphatic rings. The van der Waals surface area contributed by atoms with Crippen molar-refractivity contribution in [3.63, 3.8) is 0 Å². The van der Waals surface area contributed by atoms with Gasteiger partial charge in [0.1, 0.15) is 11.3 Å². The first-order valence-electron chi connectivity index (χ1n) is 9.60. The molecule has 0 bridgehead atoms. The third-order valence-electron chi connectivity index (χ3n) is 5.31. The van der Waals surface area contributed by atoms with Gasteiger partial charge in [-0.3, -0.25) is 4.79 Å². The summed E-state index contributed by atoms with van der Waals surface area (Å²) < 4.78 is 11.7. The Kier molecular flexibility index (Phi) is 4.74. The Morgan fingerprint density at radius 1 is 1.38 bits per heavy atom. The van der Waals surface area contributed by atoms with Crippen molar-refractivity contribution in [3.8, 4) is 5.75 Å². The lowest BCUT2D eigenvalue weighted by Gasteiger charge is -2.15. The second kappa shape index (κ2) is 7.11. The molecule has 29 heavy (non-hydrogen) atoms. The molecule has 0 spiro atoms. The number of imide groups is 1. The van der Waals surface area contributed by atoms with Crippen LogP contribution in [0.2, 0.25) is 0 Å². The molecule has 1 atom stereocenters. The van der Waals surface area contributed by atoms with E-state index >= 15 is 0 Å². The predicted molar refractivity (Wildman–Crippen MR) is 108 cm³/mol. The average molecular weight is 396 g/mol. The fraction of sp³-hybridized carbons (Fsp3) is 0.429. The molecule has 3 amide bonds. The molecule has 2 heterocycles. The van der Waals surface area contributed by atoms with Gasteiger partial charge in [-0.2, -0.15) is 0 Å². The number of fused-ring (bicyclic) bond motifs is 1. The summed E-state index contributed by atoms with van der Waals surface area (Å²) in [5.41, 5.74) is 1.74. The average Bonchev–Trinajstić information content (AvgIpc) is 3.39. The number of ether oxygens (including phenoxy) is 2. The van der Waals surface area contributed by atoms with Crippen LogP contribution >= 0.6 is 0 Å². The molecule has 1 aliphatic carbocycles. The first-order valence-corrected chi connectivity index (χ1v) is 9.60. The number of benzene rings is 1. The summed E-state index contributed by atoms with van der Waals surface area (Å²) in [6.45, 7) is 9.04. The standard InChI is InChI=1S/C21H24N4O4/c1-12(25-18(26)21(2,3)24-20(25)27)10-23-19(22-4)29-15-8-7-14-11-28-17(13-5-6-13)16(14)9-15/h7-10,13,17H,4-6,11H2,1-3H3,(H,24,27). The van der Waals surface area contributed by atoms with E-state index in [1.807, 2.05) is 18.2 Å². The van der Waals surface area contributed by atoms with Crippen LogP contribution < -0.4 is 10.1 Å². The van der Waals surface area contributed by atoms with Crippen LogP contribution in [0, 0.1) is 5.92 Å². The van der Waals surface area contributed by atoms with Crippen molar-refractivity contribution in [2.45, 2.75) is 51.9 Å². The fourth-order valence-corrected chi connectivity index (χ4v) is 3.57. The molecule has 1 aromatic rings. The number of nitrogens with one attached hydrogen (secondary N) is 1. The second-order valence-corrected chi connectivity index (χ2v) is 8.07. The topological polar surface area (TPSA) is 92.6 Å². The van der Waals surface area contributed by atoms with Crippen molar-refractivity contribution in [3.05, 3.63) is 41.2 Å². The molecule has 1 aromatic carbocycles. The van der Waals surface area contributed by atoms with Crippen LogP contribution in [0.1, 0.15) is 50.8 Å². The monoisotopic (exact) mass is 396 g/mol. The molecule has 8 heteroatoms. The Labute approximate surface area is 169 Å². The number of nitrogens with zero attached hydrogens (tertiary/aromatic N) is 3. The molecular formula is C21H24N4O4. The predicted octanol–water partition coefficient (Wildman–Crippen LogP) is 3.30. The highest BCUT2D eigenvalue weighted by molar-refractivity contribution is 6.08. The molecule has 1 N–H and O–H groups in total. The van der Waals surface area contributed by atoms with Crippen LogP contribution in [0.25, 0.3) is 0 Å². The lowest BCUT2D eigenvalue weighted by atomic mass is 10.0. The van der Waals surface area contributed by atoms with Gasteiger partial charge in [-0.25, -0.2) is 19.7 Å². The molecule has 4 rings (SSSR count). The normalized spacial score (nSPS) is 23.8. The smallest absolute Gasteiger partial charge is 0.329 e. The molecule has 0 aromatic heterocycles. The van der Waals surface area contributed by atoms with Crippen LogP contribution in [0.15, 0.2) is 40.1 Å². The number of carbonyl (C=O) groups excluding carboxylic acids is 2. The van der Waals surface area contributed by atoms with Gasteiger partial charge in [-0.05, 0) is 69.5 Å². The first-order chi connectivity index (χ1) is 13.8. The molecular weight excluding hydrogens is 372 g/mol. The zero-order valence-electron chi connectivity index (χ0n) is 16.8. The summed E-state index contributed by atoms with van der Waals surface area (Å²) in [6, 6.07) is 5.33. The van der Waals surface area contributed by atoms with E-state index in [0.717, 1.165) is 10.5 Å². The first kappa shape index (κ1) is 19.3. The summed E-state index contributed by atoms with van der Waals surface area (Å²) in [7, 11) is 0. The van der Waals surface area contributed by atoms with Crippen molar-refractivity contribution >= 4 is 24.7 Å². The molecule has 8 nitrogen and oxygen atoms in total. The summed E-state index contributed by atoms with van der Waals surface area (Å²) >= 11 is 0. The van der Waals surface area contributed by atoms with Gasteiger partial charge in [0.05, 0.1) is 18.9 Å². The minimum absolute atomic E-state index is 0.0255. The van der Waals surface area contributed by atoms with Crippen LogP contribution in [0.4, 0.5) is 4.79 Å². The van der Waals surface area contributed by atoms with Crippen LogP contribution in [-0.4, -0.2) is 35.1 Å². The van der Waals surface area contributed by atoms with E-state index < -0.39 is 11.6 Å². The second-order valence-electron chi connectivity index (χ2n) is 8.07. The van der Waals surface area contributed by atoms with Gasteiger partial charge in [0, 0.05) is 5.70 Å². The SMILES string of the molecule is C=NC(=NC=C(C)N1C(=O)NC(C)(C)C1=O)Oc1ccc2c(c1)C(C1CC1)OC2. The van der Waals surface area contributed by atoms with E-state index in [-0.39, 0.29) is 18.0 Å². The van der Waals surface area contributed by atoms with Gasteiger partial charge >= 0.3 is 12.1 Å². The highest BCUT2D eigenvalue weighted by atomic mass is 16.5. The van der Waals surface area contributed by atoms with E-state index in [2.05, 4.69) is 22.0 Å². The van der Waals surface area contributed by atoms with Crippen molar-refractivity contribution in [1.82, 2.24) is 10.2 Å². The van der Waals surface area contributed by atoms with Crippen LogP contribution in [0.3, 0.4) is 0 Å². The maximum atomic E-state index is 12.4. The summed E-state index contributed by atoms with van der Waals surface area (Å²) in [5, 5.41) is 2.63. The third kappa shape index (κ3) is 3.67. The molecule has 0 radical (unpaired) electrons. The van der Waals surface area contributed by atoms with Gasteiger partial charge in [0.25, 0.3) is 5.91 Å². The maximum Gasteiger partial charge on any atom is 0.329 e. The zero-order valence-corrected chi connectivity index (χ0v) is 16.8. The van der Waals surface area contributed by atoms with E-state index in [1.165, 1.54) is 24.6 Å². The molecule has 1 saturated heterocycles. The Hall–Kier alpha value is -3.00. The van der Waals surface area contributed by atoms with E-state index in [9.17, 15) is 9.59 Å². The van der Waals surface area contributed by atoms with Gasteiger partial charge in [-0.1, -0.05) is 6.07 Å². The number of rotatable bonds is 4. The number of aliphatic imine (C=N–C) groups is 2. The Morgan fingerprint density at radius 3 is 2.76 bits per heavy atom. The molecule has 1 saturated carbocycles. The van der Waals surface area contributed by atoms with E-state index in [4.69, 9.17) is 9.47 Å². The summed E-state index contributed by atoms with van der Waals surface area (Å²) in [5.74, 6) is 0.842. The fourth-order valence-electron chi connectivity index (χ4n) is 3.57. The minimum atomic E-state index is -0.948. The Morgan fingerprint density at radius 2 is 2.14 bits per heavy atom. The van der Waals surface area contributed by atoms with Crippen molar-refractivity contribution in [2.24, 2.45) is 15.9 Å². The van der Waals surface area contributed by atoms with Crippen molar-refractivity contribution < 1.29 is 19.1 Å². The Bertz CT molecular complexity index is 946. The molecule has 2 aliphatic heterocycles. The molecule has 2 fully saturated rings. The minimum Gasteiger partial charge on any atom is -0.424 e. The highest BCUT2D eigenvalue weighted by Gasteiger charge is 2.45. The highest BCUT2D eigenvalue weighted by Crippen LogP contribution is 2.48. The number of allylic oxidation sites excluding steroid dienone is 1. The number of hydrogen-bond acceptors (Lipinski definition) is 5. The van der Waals surface area contributed by atoms with Crippen molar-refractivity contribution in [2.75, 3.05) is 0 Å². The number of carbonyl (C=O) groups is 2.